The van der Waals surface area contributed by atoms with E-state index in [1.54, 1.807) is 23.9 Å². The van der Waals surface area contributed by atoms with Gasteiger partial charge in [0.2, 0.25) is 0 Å². The summed E-state index contributed by atoms with van der Waals surface area (Å²) in [4.78, 5) is 22.7. The fourth-order valence-corrected chi connectivity index (χ4v) is 2.55. The average Bonchev–Trinajstić information content (AvgIpc) is 2.73. The van der Waals surface area contributed by atoms with Crippen molar-refractivity contribution in [2.45, 2.75) is 11.3 Å². The quantitative estimate of drug-likeness (QED) is 0.456. The number of hydrogen-bond donors (Lipinski definition) is 0. The zero-order valence-electron chi connectivity index (χ0n) is 8.72. The number of rotatable bonds is 4. The molecule has 0 amide bonds. The molecule has 1 atom stereocenters. The van der Waals surface area contributed by atoms with E-state index in [-0.39, 0.29) is 11.9 Å². The Morgan fingerprint density at radius 1 is 1.38 bits per heavy atom. The van der Waals surface area contributed by atoms with E-state index in [9.17, 15) is 9.59 Å². The first kappa shape index (κ1) is 11.2. The first-order valence-corrected chi connectivity index (χ1v) is 6.13. The van der Waals surface area contributed by atoms with Crippen LogP contribution in [0.15, 0.2) is 29.2 Å². The predicted octanol–water partition coefficient (Wildman–Crippen LogP) is 2.15. The van der Waals surface area contributed by atoms with Gasteiger partial charge in [-0.1, -0.05) is 12.1 Å². The number of hydrogen-bond acceptors (Lipinski definition) is 4. The summed E-state index contributed by atoms with van der Waals surface area (Å²) < 4.78 is 4.89. The molecule has 0 aromatic heterocycles. The lowest BCUT2D eigenvalue weighted by Gasteiger charge is -2.05. The number of carbonyl (C=O) groups excluding carboxylic acids is 2. The lowest BCUT2D eigenvalue weighted by atomic mass is 10.1. The number of aldehydes is 1. The van der Waals surface area contributed by atoms with Crippen molar-refractivity contribution in [3.8, 4) is 0 Å². The summed E-state index contributed by atoms with van der Waals surface area (Å²) in [6.45, 7) is 0.550. The van der Waals surface area contributed by atoms with E-state index in [2.05, 4.69) is 0 Å². The lowest BCUT2D eigenvalue weighted by Crippen LogP contribution is -2.09. The minimum Gasteiger partial charge on any atom is -0.465 e. The van der Waals surface area contributed by atoms with Crippen molar-refractivity contribution in [2.75, 3.05) is 12.4 Å². The second kappa shape index (κ2) is 5.16. The Labute approximate surface area is 98.2 Å². The maximum absolute atomic E-state index is 11.2. The Bertz CT molecular complexity index is 386. The van der Waals surface area contributed by atoms with Gasteiger partial charge < -0.3 is 4.74 Å². The average molecular weight is 236 g/mol. The summed E-state index contributed by atoms with van der Waals surface area (Å²) in [6, 6.07) is 7.36. The predicted molar refractivity (Wildman–Crippen MR) is 61.6 cm³/mol. The van der Waals surface area contributed by atoms with E-state index >= 15 is 0 Å². The molecule has 4 heteroatoms. The molecule has 1 aromatic rings. The molecule has 0 N–H and O–H groups in total. The van der Waals surface area contributed by atoms with Crippen molar-refractivity contribution in [2.24, 2.45) is 5.92 Å². The van der Waals surface area contributed by atoms with Gasteiger partial charge >= 0.3 is 5.97 Å². The Balaban J connectivity index is 1.89. The van der Waals surface area contributed by atoms with Crippen LogP contribution in [0.3, 0.4) is 0 Å². The topological polar surface area (TPSA) is 43.4 Å². The van der Waals surface area contributed by atoms with Crippen LogP contribution in [0.1, 0.15) is 16.8 Å². The lowest BCUT2D eigenvalue weighted by molar-refractivity contribution is -0.140. The Morgan fingerprint density at radius 3 is 2.69 bits per heavy atom. The highest BCUT2D eigenvalue weighted by Gasteiger charge is 2.26. The molecule has 1 aromatic carbocycles. The van der Waals surface area contributed by atoms with Crippen LogP contribution in [0.2, 0.25) is 0 Å². The van der Waals surface area contributed by atoms with Crippen molar-refractivity contribution in [1.29, 1.82) is 0 Å². The standard InChI is InChI=1S/C12H12O3S/c13-7-9-1-3-11(4-2-9)16-8-10-5-6-15-12(10)14/h1-4,7,10H,5-6,8H2. The number of thioether (sulfide) groups is 1. The number of ether oxygens (including phenoxy) is 1. The molecule has 0 spiro atoms. The van der Waals surface area contributed by atoms with Gasteiger partial charge in [-0.05, 0) is 18.6 Å². The molecular formula is C12H12O3S. The van der Waals surface area contributed by atoms with Gasteiger partial charge in [-0.25, -0.2) is 0 Å². The number of cyclic esters (lactones) is 1. The molecule has 1 heterocycles. The fourth-order valence-electron chi connectivity index (χ4n) is 1.53. The van der Waals surface area contributed by atoms with Crippen LogP contribution >= 0.6 is 11.8 Å². The fraction of sp³-hybridized carbons (Fsp3) is 0.333. The molecule has 0 aliphatic carbocycles. The van der Waals surface area contributed by atoms with E-state index in [4.69, 9.17) is 4.74 Å². The SMILES string of the molecule is O=Cc1ccc(SCC2CCOC2=O)cc1. The normalized spacial score (nSPS) is 19.5. The first-order valence-electron chi connectivity index (χ1n) is 5.14. The van der Waals surface area contributed by atoms with Crippen molar-refractivity contribution in [1.82, 2.24) is 0 Å². The molecule has 0 saturated carbocycles. The van der Waals surface area contributed by atoms with Crippen LogP contribution in [0.5, 0.6) is 0 Å². The Hall–Kier alpha value is -1.29. The van der Waals surface area contributed by atoms with Crippen molar-refractivity contribution >= 4 is 24.0 Å². The van der Waals surface area contributed by atoms with E-state index in [0.717, 1.165) is 23.4 Å². The van der Waals surface area contributed by atoms with Crippen LogP contribution in [-0.4, -0.2) is 24.6 Å². The summed E-state index contributed by atoms with van der Waals surface area (Å²) in [5.41, 5.74) is 0.671. The van der Waals surface area contributed by atoms with Crippen LogP contribution in [0.25, 0.3) is 0 Å². The van der Waals surface area contributed by atoms with Gasteiger partial charge in [0.25, 0.3) is 0 Å². The summed E-state index contributed by atoms with van der Waals surface area (Å²) in [7, 11) is 0. The largest absolute Gasteiger partial charge is 0.465 e. The monoisotopic (exact) mass is 236 g/mol. The maximum Gasteiger partial charge on any atom is 0.309 e. The number of carbonyl (C=O) groups is 2. The highest BCUT2D eigenvalue weighted by atomic mass is 32.2. The van der Waals surface area contributed by atoms with E-state index in [0.29, 0.717) is 12.2 Å². The summed E-state index contributed by atoms with van der Waals surface area (Å²) in [5.74, 6) is 0.687. The highest BCUT2D eigenvalue weighted by molar-refractivity contribution is 7.99. The van der Waals surface area contributed by atoms with Crippen LogP contribution < -0.4 is 0 Å². The molecule has 16 heavy (non-hydrogen) atoms. The molecule has 0 bridgehead atoms. The van der Waals surface area contributed by atoms with Crippen LogP contribution in [0, 0.1) is 5.92 Å². The Morgan fingerprint density at radius 2 is 2.12 bits per heavy atom. The first-order chi connectivity index (χ1) is 7.79. The second-order valence-electron chi connectivity index (χ2n) is 3.65. The molecule has 1 unspecified atom stereocenters. The van der Waals surface area contributed by atoms with Crippen molar-refractivity contribution < 1.29 is 14.3 Å². The van der Waals surface area contributed by atoms with Gasteiger partial charge in [-0.2, -0.15) is 0 Å². The van der Waals surface area contributed by atoms with Gasteiger partial charge in [0, 0.05) is 16.2 Å². The maximum atomic E-state index is 11.2. The highest BCUT2D eigenvalue weighted by Crippen LogP contribution is 2.25. The molecule has 1 aliphatic rings. The van der Waals surface area contributed by atoms with Crippen molar-refractivity contribution in [3.63, 3.8) is 0 Å². The van der Waals surface area contributed by atoms with Gasteiger partial charge in [0.05, 0.1) is 12.5 Å². The minimum atomic E-state index is -0.0861. The molecule has 84 valence electrons. The molecular weight excluding hydrogens is 224 g/mol. The summed E-state index contributed by atoms with van der Waals surface area (Å²) in [5, 5.41) is 0. The van der Waals surface area contributed by atoms with Gasteiger partial charge in [0.15, 0.2) is 0 Å². The minimum absolute atomic E-state index is 0.0238. The number of esters is 1. The molecule has 1 fully saturated rings. The molecule has 1 saturated heterocycles. The smallest absolute Gasteiger partial charge is 0.309 e. The third-order valence-electron chi connectivity index (χ3n) is 2.51. The zero-order chi connectivity index (χ0) is 11.4. The third kappa shape index (κ3) is 2.64. The zero-order valence-corrected chi connectivity index (χ0v) is 9.53. The third-order valence-corrected chi connectivity index (χ3v) is 3.69. The van der Waals surface area contributed by atoms with Crippen LogP contribution in [0.4, 0.5) is 0 Å². The van der Waals surface area contributed by atoms with Crippen molar-refractivity contribution in [3.05, 3.63) is 29.8 Å². The van der Waals surface area contributed by atoms with E-state index < -0.39 is 0 Å². The molecule has 2 rings (SSSR count). The number of benzene rings is 1. The van der Waals surface area contributed by atoms with E-state index in [1.165, 1.54) is 0 Å². The van der Waals surface area contributed by atoms with Gasteiger partial charge in [0.1, 0.15) is 6.29 Å². The summed E-state index contributed by atoms with van der Waals surface area (Å²) >= 11 is 1.62. The van der Waals surface area contributed by atoms with Crippen LogP contribution in [-0.2, 0) is 9.53 Å². The van der Waals surface area contributed by atoms with E-state index in [1.807, 2.05) is 12.1 Å². The van der Waals surface area contributed by atoms with Gasteiger partial charge in [-0.3, -0.25) is 9.59 Å². The van der Waals surface area contributed by atoms with Gasteiger partial charge in [-0.15, -0.1) is 11.8 Å². The molecule has 0 radical (unpaired) electrons. The second-order valence-corrected chi connectivity index (χ2v) is 4.74. The molecule has 3 nitrogen and oxygen atoms in total. The molecule has 1 aliphatic heterocycles. The summed E-state index contributed by atoms with van der Waals surface area (Å²) in [6.07, 6.45) is 1.64. The Kier molecular flexibility index (Phi) is 3.62.